The van der Waals surface area contributed by atoms with Crippen LogP contribution in [-0.2, 0) is 0 Å². The van der Waals surface area contributed by atoms with Crippen molar-refractivity contribution in [1.82, 2.24) is 9.97 Å². The fraction of sp³-hybridized carbons (Fsp3) is 0.765. The summed E-state index contributed by atoms with van der Waals surface area (Å²) in [7, 11) is 2.15. The lowest BCUT2D eigenvalue weighted by molar-refractivity contribution is 0.337. The zero-order chi connectivity index (χ0) is 15.1. The van der Waals surface area contributed by atoms with Gasteiger partial charge in [-0.2, -0.15) is 0 Å². The van der Waals surface area contributed by atoms with Gasteiger partial charge in [0.2, 0.25) is 0 Å². The van der Waals surface area contributed by atoms with Gasteiger partial charge < -0.3 is 4.90 Å². The van der Waals surface area contributed by atoms with E-state index in [2.05, 4.69) is 30.8 Å². The number of halogens is 1. The maximum atomic E-state index is 6.31. The van der Waals surface area contributed by atoms with Crippen LogP contribution in [0.25, 0.3) is 0 Å². The topological polar surface area (TPSA) is 29.0 Å². The van der Waals surface area contributed by atoms with Crippen LogP contribution in [-0.4, -0.2) is 23.6 Å². The first kappa shape index (κ1) is 15.1. The molecule has 2 aliphatic carbocycles. The van der Waals surface area contributed by atoms with E-state index in [0.29, 0.717) is 11.1 Å². The van der Waals surface area contributed by atoms with Crippen LogP contribution >= 0.6 is 11.6 Å². The molecule has 2 fully saturated rings. The Kier molecular flexibility index (Phi) is 4.13. The first-order valence-corrected chi connectivity index (χ1v) is 8.58. The Morgan fingerprint density at radius 1 is 1.24 bits per heavy atom. The summed E-state index contributed by atoms with van der Waals surface area (Å²) in [6.07, 6.45) is 5.76. The highest BCUT2D eigenvalue weighted by Crippen LogP contribution is 2.48. The molecule has 0 radical (unpaired) electrons. The molecule has 3 rings (SSSR count). The maximum Gasteiger partial charge on any atom is 0.137 e. The van der Waals surface area contributed by atoms with Gasteiger partial charge in [0, 0.05) is 25.1 Å². The Balaban J connectivity index is 1.79. The van der Waals surface area contributed by atoms with Gasteiger partial charge in [-0.1, -0.05) is 31.9 Å². The quantitative estimate of drug-likeness (QED) is 0.770. The fourth-order valence-electron chi connectivity index (χ4n) is 4.16. The smallest absolute Gasteiger partial charge is 0.137 e. The molecule has 0 N–H and O–H groups in total. The second-order valence-electron chi connectivity index (χ2n) is 7.29. The molecule has 2 aliphatic rings. The van der Waals surface area contributed by atoms with Crippen LogP contribution in [0.1, 0.15) is 56.8 Å². The normalized spacial score (nSPS) is 27.6. The van der Waals surface area contributed by atoms with Gasteiger partial charge in [0.25, 0.3) is 0 Å². The fourth-order valence-corrected chi connectivity index (χ4v) is 4.33. The molecule has 1 heterocycles. The number of hydrogen-bond acceptors (Lipinski definition) is 3. The standard InChI is InChI=1S/C17H26ClN3/c1-10(2)16-19-15(18)11(3)17(20-16)21(4)9-14-8-12-5-6-13(14)7-12/h10,12-14H,5-9H2,1-4H3. The highest BCUT2D eigenvalue weighted by molar-refractivity contribution is 6.30. The van der Waals surface area contributed by atoms with Gasteiger partial charge in [-0.3, -0.25) is 0 Å². The summed E-state index contributed by atoms with van der Waals surface area (Å²) in [5, 5.41) is 0.600. The van der Waals surface area contributed by atoms with Crippen molar-refractivity contribution >= 4 is 17.4 Å². The molecule has 21 heavy (non-hydrogen) atoms. The van der Waals surface area contributed by atoms with E-state index < -0.39 is 0 Å². The van der Waals surface area contributed by atoms with Gasteiger partial charge in [0.15, 0.2) is 0 Å². The number of aromatic nitrogens is 2. The Hall–Kier alpha value is -0.830. The molecule has 2 saturated carbocycles. The predicted octanol–water partition coefficient (Wildman–Crippen LogP) is 4.43. The Bertz CT molecular complexity index is 529. The van der Waals surface area contributed by atoms with Crippen molar-refractivity contribution < 1.29 is 0 Å². The highest BCUT2D eigenvalue weighted by atomic mass is 35.5. The summed E-state index contributed by atoms with van der Waals surface area (Å²) in [5.41, 5.74) is 1.01. The number of rotatable bonds is 4. The van der Waals surface area contributed by atoms with Gasteiger partial charge >= 0.3 is 0 Å². The van der Waals surface area contributed by atoms with Gasteiger partial charge in [-0.05, 0) is 43.9 Å². The van der Waals surface area contributed by atoms with Crippen molar-refractivity contribution in [2.45, 2.75) is 52.4 Å². The van der Waals surface area contributed by atoms with E-state index >= 15 is 0 Å². The van der Waals surface area contributed by atoms with E-state index in [-0.39, 0.29) is 0 Å². The minimum atomic E-state index is 0.303. The summed E-state index contributed by atoms with van der Waals surface area (Å²) in [4.78, 5) is 11.5. The lowest BCUT2D eigenvalue weighted by Gasteiger charge is -2.29. The van der Waals surface area contributed by atoms with E-state index in [0.717, 1.165) is 41.5 Å². The second-order valence-corrected chi connectivity index (χ2v) is 7.65. The van der Waals surface area contributed by atoms with Crippen molar-refractivity contribution in [3.05, 3.63) is 16.5 Å². The van der Waals surface area contributed by atoms with E-state index in [1.165, 1.54) is 25.7 Å². The van der Waals surface area contributed by atoms with Crippen molar-refractivity contribution in [1.29, 1.82) is 0 Å². The van der Waals surface area contributed by atoms with Crippen LogP contribution in [0.5, 0.6) is 0 Å². The Morgan fingerprint density at radius 2 is 2.00 bits per heavy atom. The average Bonchev–Trinajstić information content (AvgIpc) is 3.03. The molecule has 0 aliphatic heterocycles. The monoisotopic (exact) mass is 307 g/mol. The van der Waals surface area contributed by atoms with Crippen molar-refractivity contribution in [2.75, 3.05) is 18.5 Å². The van der Waals surface area contributed by atoms with Crippen molar-refractivity contribution in [3.63, 3.8) is 0 Å². The molecule has 3 atom stereocenters. The van der Waals surface area contributed by atoms with Crippen LogP contribution in [0.15, 0.2) is 0 Å². The van der Waals surface area contributed by atoms with Gasteiger partial charge in [-0.15, -0.1) is 0 Å². The second kappa shape index (κ2) is 5.75. The first-order valence-electron chi connectivity index (χ1n) is 8.20. The molecule has 2 bridgehead atoms. The van der Waals surface area contributed by atoms with Gasteiger partial charge in [-0.25, -0.2) is 9.97 Å². The zero-order valence-corrected chi connectivity index (χ0v) is 14.3. The molecule has 0 amide bonds. The molecule has 1 aromatic rings. The molecular weight excluding hydrogens is 282 g/mol. The molecule has 116 valence electrons. The summed E-state index contributed by atoms with van der Waals surface area (Å²) in [6.45, 7) is 7.35. The van der Waals surface area contributed by atoms with Crippen LogP contribution in [0, 0.1) is 24.7 Å². The maximum absolute atomic E-state index is 6.31. The molecular formula is C17H26ClN3. The number of fused-ring (bicyclic) bond motifs is 2. The summed E-state index contributed by atoms with van der Waals surface area (Å²) >= 11 is 6.31. The van der Waals surface area contributed by atoms with Crippen LogP contribution in [0.3, 0.4) is 0 Å². The third-order valence-electron chi connectivity index (χ3n) is 5.35. The average molecular weight is 308 g/mol. The number of anilines is 1. The molecule has 0 saturated heterocycles. The third kappa shape index (κ3) is 2.90. The highest BCUT2D eigenvalue weighted by Gasteiger charge is 2.39. The Labute approximate surface area is 133 Å². The van der Waals surface area contributed by atoms with Crippen LogP contribution in [0.2, 0.25) is 5.15 Å². The predicted molar refractivity (Wildman–Crippen MR) is 88.1 cm³/mol. The number of nitrogens with zero attached hydrogens (tertiary/aromatic N) is 3. The molecule has 4 heteroatoms. The van der Waals surface area contributed by atoms with Crippen molar-refractivity contribution in [2.24, 2.45) is 17.8 Å². The van der Waals surface area contributed by atoms with E-state index in [4.69, 9.17) is 16.6 Å². The zero-order valence-electron chi connectivity index (χ0n) is 13.6. The SMILES string of the molecule is Cc1c(Cl)nc(C(C)C)nc1N(C)CC1CC2CCC1C2. The lowest BCUT2D eigenvalue weighted by atomic mass is 9.88. The molecule has 3 nitrogen and oxygen atoms in total. The van der Waals surface area contributed by atoms with Crippen LogP contribution in [0.4, 0.5) is 5.82 Å². The molecule has 1 aromatic heterocycles. The molecule has 0 spiro atoms. The van der Waals surface area contributed by atoms with E-state index in [9.17, 15) is 0 Å². The largest absolute Gasteiger partial charge is 0.359 e. The summed E-state index contributed by atoms with van der Waals surface area (Å²) in [5.74, 6) is 4.94. The van der Waals surface area contributed by atoms with Gasteiger partial charge in [0.1, 0.15) is 16.8 Å². The van der Waals surface area contributed by atoms with Crippen LogP contribution < -0.4 is 4.90 Å². The lowest BCUT2D eigenvalue weighted by Crippen LogP contribution is -2.30. The van der Waals surface area contributed by atoms with Gasteiger partial charge in [0.05, 0.1) is 0 Å². The first-order chi connectivity index (χ1) is 9.95. The minimum absolute atomic E-state index is 0.303. The molecule has 0 aromatic carbocycles. The van der Waals surface area contributed by atoms with Crippen molar-refractivity contribution in [3.8, 4) is 0 Å². The number of hydrogen-bond donors (Lipinski definition) is 0. The Morgan fingerprint density at radius 3 is 2.57 bits per heavy atom. The van der Waals surface area contributed by atoms with E-state index in [1.54, 1.807) is 0 Å². The molecule has 3 unspecified atom stereocenters. The third-order valence-corrected chi connectivity index (χ3v) is 5.72. The summed E-state index contributed by atoms with van der Waals surface area (Å²) < 4.78 is 0. The minimum Gasteiger partial charge on any atom is -0.359 e. The van der Waals surface area contributed by atoms with E-state index in [1.807, 2.05) is 6.92 Å². The summed E-state index contributed by atoms with van der Waals surface area (Å²) in [6, 6.07) is 0.